The van der Waals surface area contributed by atoms with Crippen molar-refractivity contribution in [1.82, 2.24) is 19.7 Å². The van der Waals surface area contributed by atoms with E-state index < -0.39 is 39.3 Å². The lowest BCUT2D eigenvalue weighted by Crippen LogP contribution is -2.43. The summed E-state index contributed by atoms with van der Waals surface area (Å²) in [5.74, 6) is -1.51. The molecule has 3 rings (SSSR count). The topological polar surface area (TPSA) is 155 Å². The molecule has 12 nitrogen and oxygen atoms in total. The van der Waals surface area contributed by atoms with Gasteiger partial charge in [-0.15, -0.1) is 10.2 Å². The minimum Gasteiger partial charge on any atom is -0.452 e. The summed E-state index contributed by atoms with van der Waals surface area (Å²) >= 11 is 1.02. The van der Waals surface area contributed by atoms with Crippen LogP contribution in [0.5, 0.6) is 0 Å². The molecule has 1 aromatic heterocycles. The molecule has 1 fully saturated rings. The van der Waals surface area contributed by atoms with E-state index in [1.807, 2.05) is 0 Å². The fourth-order valence-electron chi connectivity index (χ4n) is 3.29. The largest absolute Gasteiger partial charge is 0.452 e. The van der Waals surface area contributed by atoms with Gasteiger partial charge in [0.25, 0.3) is 11.6 Å². The minimum atomic E-state index is -3.17. The Labute approximate surface area is 188 Å². The second-order valence-electron chi connectivity index (χ2n) is 7.08. The third-order valence-electron chi connectivity index (χ3n) is 4.90. The van der Waals surface area contributed by atoms with Gasteiger partial charge in [0, 0.05) is 25.7 Å². The maximum Gasteiger partial charge on any atom is 0.338 e. The maximum atomic E-state index is 12.5. The minimum absolute atomic E-state index is 0.0175. The van der Waals surface area contributed by atoms with Crippen LogP contribution in [0, 0.1) is 10.1 Å². The highest BCUT2D eigenvalue weighted by Gasteiger charge is 2.34. The fraction of sp³-hybridized carbons (Fsp3) is 0.444. The summed E-state index contributed by atoms with van der Waals surface area (Å²) in [6, 6.07) is 3.39. The summed E-state index contributed by atoms with van der Waals surface area (Å²) in [6.45, 7) is 1.39. The van der Waals surface area contributed by atoms with Crippen molar-refractivity contribution in [3.05, 3.63) is 40.2 Å². The molecule has 14 heteroatoms. The van der Waals surface area contributed by atoms with Gasteiger partial charge >= 0.3 is 5.97 Å². The van der Waals surface area contributed by atoms with Crippen LogP contribution < -0.4 is 0 Å². The van der Waals surface area contributed by atoms with Crippen LogP contribution in [-0.4, -0.2) is 75.6 Å². The van der Waals surface area contributed by atoms with Crippen molar-refractivity contribution in [2.24, 2.45) is 7.05 Å². The number of carbonyl (C=O) groups is 2. The summed E-state index contributed by atoms with van der Waals surface area (Å²) in [7, 11) is -1.48. The van der Waals surface area contributed by atoms with Crippen LogP contribution in [0.1, 0.15) is 23.7 Å². The van der Waals surface area contributed by atoms with Crippen molar-refractivity contribution < 1.29 is 27.7 Å². The molecule has 1 amide bonds. The molecule has 1 aliphatic heterocycles. The van der Waals surface area contributed by atoms with E-state index >= 15 is 0 Å². The van der Waals surface area contributed by atoms with Gasteiger partial charge in [-0.1, -0.05) is 0 Å². The van der Waals surface area contributed by atoms with E-state index in [0.29, 0.717) is 11.6 Å². The van der Waals surface area contributed by atoms with Crippen LogP contribution in [-0.2, 0) is 26.4 Å². The standard InChI is InChI=1S/C18H21N5O7S2/c1-3-22(13-6-7-32(28,29)10-13)16(24)9-30-17(25)12-4-5-15(14(8-12)23(26)27)31-18-20-19-11-21(18)2/h4-5,8,11,13H,3,6-7,9-10H2,1-2H3. The number of aromatic nitrogens is 3. The second kappa shape index (κ2) is 9.65. The van der Waals surface area contributed by atoms with Gasteiger partial charge in [-0.3, -0.25) is 14.9 Å². The van der Waals surface area contributed by atoms with Gasteiger partial charge in [0.2, 0.25) is 0 Å². The van der Waals surface area contributed by atoms with Gasteiger partial charge < -0.3 is 14.2 Å². The van der Waals surface area contributed by atoms with Crippen molar-refractivity contribution in [1.29, 1.82) is 0 Å². The van der Waals surface area contributed by atoms with Crippen LogP contribution in [0.25, 0.3) is 0 Å². The lowest BCUT2D eigenvalue weighted by molar-refractivity contribution is -0.387. The molecule has 1 unspecified atom stereocenters. The number of nitro groups is 1. The van der Waals surface area contributed by atoms with Gasteiger partial charge in [-0.05, 0) is 37.2 Å². The van der Waals surface area contributed by atoms with E-state index in [-0.39, 0.29) is 34.2 Å². The lowest BCUT2D eigenvalue weighted by Gasteiger charge is -2.26. The zero-order chi connectivity index (χ0) is 23.5. The first-order valence-corrected chi connectivity index (χ1v) is 12.2. The molecule has 1 atom stereocenters. The first-order valence-electron chi connectivity index (χ1n) is 9.58. The molecule has 0 N–H and O–H groups in total. The SMILES string of the molecule is CCN(C(=O)COC(=O)c1ccc(Sc2nncn2C)c([N+](=O)[O-])c1)C1CCS(=O)(=O)C1. The molecule has 0 saturated carbocycles. The van der Waals surface area contributed by atoms with Crippen molar-refractivity contribution in [3.63, 3.8) is 0 Å². The van der Waals surface area contributed by atoms with E-state index in [2.05, 4.69) is 10.2 Å². The Kier molecular flexibility index (Phi) is 7.13. The van der Waals surface area contributed by atoms with Crippen LogP contribution in [0.4, 0.5) is 5.69 Å². The van der Waals surface area contributed by atoms with Crippen LogP contribution in [0.2, 0.25) is 0 Å². The third kappa shape index (κ3) is 5.43. The fourth-order valence-corrected chi connectivity index (χ4v) is 5.87. The Bertz CT molecular complexity index is 1150. The summed E-state index contributed by atoms with van der Waals surface area (Å²) in [6.07, 6.45) is 1.80. The molecule has 1 aliphatic rings. The number of aryl methyl sites for hydroxylation is 1. The molecule has 32 heavy (non-hydrogen) atoms. The number of ether oxygens (including phenoxy) is 1. The number of sulfone groups is 1. The van der Waals surface area contributed by atoms with E-state index in [0.717, 1.165) is 17.8 Å². The number of amides is 1. The number of rotatable bonds is 8. The monoisotopic (exact) mass is 483 g/mol. The molecule has 0 radical (unpaired) electrons. The van der Waals surface area contributed by atoms with Crippen LogP contribution in [0.15, 0.2) is 34.6 Å². The molecule has 2 aromatic rings. The Morgan fingerprint density at radius 2 is 2.16 bits per heavy atom. The van der Waals surface area contributed by atoms with Crippen molar-refractivity contribution in [3.8, 4) is 0 Å². The number of nitro benzene ring substituents is 1. The highest BCUT2D eigenvalue weighted by Crippen LogP contribution is 2.34. The van der Waals surface area contributed by atoms with Crippen LogP contribution >= 0.6 is 11.8 Å². The Balaban J connectivity index is 1.68. The summed E-state index contributed by atoms with van der Waals surface area (Å²) in [5.41, 5.74) is -0.400. The number of hydrogen-bond acceptors (Lipinski definition) is 10. The third-order valence-corrected chi connectivity index (χ3v) is 7.77. The normalized spacial score (nSPS) is 17.1. The molecular formula is C18H21N5O7S2. The van der Waals surface area contributed by atoms with Crippen molar-refractivity contribution in [2.75, 3.05) is 24.7 Å². The average Bonchev–Trinajstić information content (AvgIpc) is 3.31. The smallest absolute Gasteiger partial charge is 0.338 e. The van der Waals surface area contributed by atoms with E-state index in [1.165, 1.54) is 23.4 Å². The van der Waals surface area contributed by atoms with Gasteiger partial charge in [-0.2, -0.15) is 0 Å². The number of carbonyl (C=O) groups excluding carboxylic acids is 2. The predicted molar refractivity (Wildman–Crippen MR) is 113 cm³/mol. The molecule has 0 bridgehead atoms. The first kappa shape index (κ1) is 23.7. The zero-order valence-electron chi connectivity index (χ0n) is 17.3. The maximum absolute atomic E-state index is 12.5. The number of nitrogens with zero attached hydrogens (tertiary/aromatic N) is 5. The van der Waals surface area contributed by atoms with E-state index in [9.17, 15) is 28.1 Å². The van der Waals surface area contributed by atoms with E-state index in [1.54, 1.807) is 18.5 Å². The first-order chi connectivity index (χ1) is 15.1. The zero-order valence-corrected chi connectivity index (χ0v) is 19.0. The highest BCUT2D eigenvalue weighted by molar-refractivity contribution is 7.99. The molecule has 0 spiro atoms. The summed E-state index contributed by atoms with van der Waals surface area (Å²) < 4.78 is 30.0. The van der Waals surface area contributed by atoms with Gasteiger partial charge in [0.1, 0.15) is 6.33 Å². The number of esters is 1. The molecule has 1 saturated heterocycles. The quantitative estimate of drug-likeness (QED) is 0.302. The van der Waals surface area contributed by atoms with Crippen molar-refractivity contribution >= 4 is 39.2 Å². The Hall–Kier alpha value is -3.00. The summed E-state index contributed by atoms with van der Waals surface area (Å²) in [4.78, 5) is 37.4. The molecule has 172 valence electrons. The highest BCUT2D eigenvalue weighted by atomic mass is 32.2. The molecular weight excluding hydrogens is 462 g/mol. The average molecular weight is 484 g/mol. The van der Waals surface area contributed by atoms with Crippen LogP contribution in [0.3, 0.4) is 0 Å². The number of hydrogen-bond donors (Lipinski definition) is 0. The second-order valence-corrected chi connectivity index (χ2v) is 10.3. The lowest BCUT2D eigenvalue weighted by atomic mass is 10.2. The summed E-state index contributed by atoms with van der Waals surface area (Å²) in [5, 5.41) is 19.5. The number of likely N-dealkylation sites (N-methyl/N-ethyl adjacent to an activating group) is 1. The number of benzene rings is 1. The predicted octanol–water partition coefficient (Wildman–Crippen LogP) is 1.07. The van der Waals surface area contributed by atoms with Gasteiger partial charge in [0.15, 0.2) is 21.6 Å². The van der Waals surface area contributed by atoms with E-state index in [4.69, 9.17) is 4.74 Å². The molecule has 2 heterocycles. The Morgan fingerprint density at radius 1 is 1.41 bits per heavy atom. The van der Waals surface area contributed by atoms with Crippen molar-refractivity contribution in [2.45, 2.75) is 29.4 Å². The Morgan fingerprint density at radius 3 is 2.72 bits per heavy atom. The molecule has 1 aromatic carbocycles. The molecule has 0 aliphatic carbocycles. The van der Waals surface area contributed by atoms with Gasteiger partial charge in [0.05, 0.1) is 26.9 Å². The van der Waals surface area contributed by atoms with Gasteiger partial charge in [-0.25, -0.2) is 13.2 Å².